The number of thiocarbonyl (C=S) groups is 1. The van der Waals surface area contributed by atoms with Crippen LogP contribution in [0.25, 0.3) is 0 Å². The van der Waals surface area contributed by atoms with Gasteiger partial charge in [0.05, 0.1) is 12.6 Å². The van der Waals surface area contributed by atoms with Gasteiger partial charge in [-0.15, -0.1) is 0 Å². The first kappa shape index (κ1) is 18.4. The normalized spacial score (nSPS) is 11.8. The van der Waals surface area contributed by atoms with Crippen LogP contribution < -0.4 is 5.32 Å². The second-order valence-electron chi connectivity index (χ2n) is 5.63. The third kappa shape index (κ3) is 5.01. The predicted molar refractivity (Wildman–Crippen MR) is 103 cm³/mol. The molecule has 0 saturated carbocycles. The molecule has 0 aliphatic rings. The zero-order chi connectivity index (χ0) is 17.4. The molecule has 128 valence electrons. The van der Waals surface area contributed by atoms with E-state index >= 15 is 0 Å². The van der Waals surface area contributed by atoms with Crippen molar-refractivity contribution in [3.63, 3.8) is 0 Å². The van der Waals surface area contributed by atoms with E-state index in [1.54, 1.807) is 13.3 Å². The van der Waals surface area contributed by atoms with Gasteiger partial charge in [-0.25, -0.2) is 0 Å². The number of anilines is 1. The molecule has 1 atom stereocenters. The quantitative estimate of drug-likeness (QED) is 0.768. The molecule has 0 unspecified atom stereocenters. The molecular formula is C19H25N3OS. The number of aryl methyl sites for hydroxylation is 1. The number of nitrogens with one attached hydrogen (secondary N) is 1. The summed E-state index contributed by atoms with van der Waals surface area (Å²) in [5.74, 6) is 0. The highest BCUT2D eigenvalue weighted by Crippen LogP contribution is 2.21. The SMILES string of the molecule is CCc1cccc(NC(=S)N(CCOC)[C@H](C)c2cccnc2)c1. The average Bonchev–Trinajstić information content (AvgIpc) is 2.62. The van der Waals surface area contributed by atoms with E-state index in [1.807, 2.05) is 24.4 Å². The number of benzene rings is 1. The molecule has 5 heteroatoms. The molecule has 0 bridgehead atoms. The Hall–Kier alpha value is -1.98. The van der Waals surface area contributed by atoms with E-state index in [1.165, 1.54) is 5.56 Å². The van der Waals surface area contributed by atoms with Gasteiger partial charge in [-0.1, -0.05) is 25.1 Å². The van der Waals surface area contributed by atoms with Gasteiger partial charge in [0.25, 0.3) is 0 Å². The molecule has 1 N–H and O–H groups in total. The Labute approximate surface area is 149 Å². The van der Waals surface area contributed by atoms with Crippen LogP contribution in [0.2, 0.25) is 0 Å². The highest BCUT2D eigenvalue weighted by molar-refractivity contribution is 7.80. The van der Waals surface area contributed by atoms with E-state index in [0.29, 0.717) is 18.3 Å². The molecule has 2 rings (SSSR count). The van der Waals surface area contributed by atoms with Crippen molar-refractivity contribution >= 4 is 23.0 Å². The fourth-order valence-electron chi connectivity index (χ4n) is 2.53. The van der Waals surface area contributed by atoms with Crippen molar-refractivity contribution in [1.82, 2.24) is 9.88 Å². The van der Waals surface area contributed by atoms with Crippen molar-refractivity contribution in [3.05, 3.63) is 59.9 Å². The van der Waals surface area contributed by atoms with Crippen molar-refractivity contribution in [2.45, 2.75) is 26.3 Å². The van der Waals surface area contributed by atoms with Crippen LogP contribution in [0.1, 0.15) is 31.0 Å². The zero-order valence-electron chi connectivity index (χ0n) is 14.5. The number of hydrogen-bond acceptors (Lipinski definition) is 3. The van der Waals surface area contributed by atoms with Gasteiger partial charge >= 0.3 is 0 Å². The highest BCUT2D eigenvalue weighted by atomic mass is 32.1. The van der Waals surface area contributed by atoms with Crippen LogP contribution >= 0.6 is 12.2 Å². The van der Waals surface area contributed by atoms with Gasteiger partial charge < -0.3 is 15.0 Å². The van der Waals surface area contributed by atoms with E-state index in [-0.39, 0.29) is 6.04 Å². The molecule has 0 radical (unpaired) electrons. The predicted octanol–water partition coefficient (Wildman–Crippen LogP) is 4.05. The molecular weight excluding hydrogens is 318 g/mol. The average molecular weight is 343 g/mol. The Morgan fingerprint density at radius 1 is 1.33 bits per heavy atom. The summed E-state index contributed by atoms with van der Waals surface area (Å²) >= 11 is 5.67. The molecule has 0 amide bonds. The molecule has 0 saturated heterocycles. The Balaban J connectivity index is 2.15. The summed E-state index contributed by atoms with van der Waals surface area (Å²) < 4.78 is 5.25. The van der Waals surface area contributed by atoms with Gasteiger partial charge in [-0.2, -0.15) is 0 Å². The molecule has 0 spiro atoms. The first-order valence-electron chi connectivity index (χ1n) is 8.21. The molecule has 1 aromatic carbocycles. The number of pyridine rings is 1. The molecule has 2 aromatic rings. The lowest BCUT2D eigenvalue weighted by Gasteiger charge is -2.32. The van der Waals surface area contributed by atoms with Gasteiger partial charge in [0.2, 0.25) is 0 Å². The third-order valence-electron chi connectivity index (χ3n) is 4.02. The van der Waals surface area contributed by atoms with Crippen molar-refractivity contribution in [3.8, 4) is 0 Å². The summed E-state index contributed by atoms with van der Waals surface area (Å²) in [6.07, 6.45) is 4.66. The van der Waals surface area contributed by atoms with E-state index in [0.717, 1.165) is 17.7 Å². The zero-order valence-corrected chi connectivity index (χ0v) is 15.3. The van der Waals surface area contributed by atoms with Gasteiger partial charge in [0, 0.05) is 31.7 Å². The minimum Gasteiger partial charge on any atom is -0.383 e. The lowest BCUT2D eigenvalue weighted by molar-refractivity contribution is 0.165. The summed E-state index contributed by atoms with van der Waals surface area (Å²) in [6.45, 7) is 5.60. The van der Waals surface area contributed by atoms with Crippen LogP contribution in [-0.2, 0) is 11.2 Å². The minimum atomic E-state index is 0.114. The summed E-state index contributed by atoms with van der Waals surface area (Å²) in [6, 6.07) is 12.5. The number of aromatic nitrogens is 1. The second-order valence-corrected chi connectivity index (χ2v) is 6.02. The van der Waals surface area contributed by atoms with E-state index < -0.39 is 0 Å². The van der Waals surface area contributed by atoms with Crippen molar-refractivity contribution in [2.24, 2.45) is 0 Å². The smallest absolute Gasteiger partial charge is 0.174 e. The Morgan fingerprint density at radius 2 is 2.17 bits per heavy atom. The van der Waals surface area contributed by atoms with Crippen molar-refractivity contribution < 1.29 is 4.74 Å². The third-order valence-corrected chi connectivity index (χ3v) is 4.35. The summed E-state index contributed by atoms with van der Waals surface area (Å²) in [5, 5.41) is 4.05. The highest BCUT2D eigenvalue weighted by Gasteiger charge is 2.19. The van der Waals surface area contributed by atoms with E-state index in [4.69, 9.17) is 17.0 Å². The standard InChI is InChI=1S/C19H25N3OS/c1-4-16-7-5-9-18(13-16)21-19(24)22(11-12-23-3)15(2)17-8-6-10-20-14-17/h5-10,13-15H,4,11-12H2,1-3H3,(H,21,24)/t15-/m1/s1. The molecule has 1 heterocycles. The van der Waals surface area contributed by atoms with E-state index in [9.17, 15) is 0 Å². The maximum absolute atomic E-state index is 5.67. The van der Waals surface area contributed by atoms with E-state index in [2.05, 4.69) is 47.2 Å². The van der Waals surface area contributed by atoms with Gasteiger partial charge in [0.1, 0.15) is 0 Å². The Kier molecular flexibility index (Phi) is 7.15. The van der Waals surface area contributed by atoms with Crippen LogP contribution in [0.5, 0.6) is 0 Å². The Bertz CT molecular complexity index is 648. The lowest BCUT2D eigenvalue weighted by atomic mass is 10.1. The number of rotatable bonds is 7. The van der Waals surface area contributed by atoms with Crippen molar-refractivity contribution in [2.75, 3.05) is 25.6 Å². The summed E-state index contributed by atoms with van der Waals surface area (Å²) in [5.41, 5.74) is 3.42. The van der Waals surface area contributed by atoms with Gasteiger partial charge in [-0.3, -0.25) is 4.98 Å². The molecule has 0 aliphatic carbocycles. The van der Waals surface area contributed by atoms with Crippen LogP contribution in [0.3, 0.4) is 0 Å². The lowest BCUT2D eigenvalue weighted by Crippen LogP contribution is -2.39. The van der Waals surface area contributed by atoms with Crippen LogP contribution in [-0.4, -0.2) is 35.3 Å². The molecule has 24 heavy (non-hydrogen) atoms. The fourth-order valence-corrected chi connectivity index (χ4v) is 2.90. The summed E-state index contributed by atoms with van der Waals surface area (Å²) in [7, 11) is 1.70. The molecule has 4 nitrogen and oxygen atoms in total. The second kappa shape index (κ2) is 9.35. The molecule has 0 aliphatic heterocycles. The number of ether oxygens (including phenoxy) is 1. The first-order valence-corrected chi connectivity index (χ1v) is 8.62. The maximum Gasteiger partial charge on any atom is 0.174 e. The number of methoxy groups -OCH3 is 1. The number of hydrogen-bond donors (Lipinski definition) is 1. The molecule has 1 aromatic heterocycles. The summed E-state index contributed by atoms with van der Waals surface area (Å²) in [4.78, 5) is 6.35. The largest absolute Gasteiger partial charge is 0.383 e. The van der Waals surface area contributed by atoms with Gasteiger partial charge in [-0.05, 0) is 54.9 Å². The van der Waals surface area contributed by atoms with Gasteiger partial charge in [0.15, 0.2) is 5.11 Å². The monoisotopic (exact) mass is 343 g/mol. The van der Waals surface area contributed by atoms with Crippen molar-refractivity contribution in [1.29, 1.82) is 0 Å². The first-order chi connectivity index (χ1) is 11.7. The Morgan fingerprint density at radius 3 is 2.83 bits per heavy atom. The van der Waals surface area contributed by atoms with Crippen LogP contribution in [0.15, 0.2) is 48.8 Å². The number of nitrogens with zero attached hydrogens (tertiary/aromatic N) is 2. The van der Waals surface area contributed by atoms with Crippen LogP contribution in [0, 0.1) is 0 Å². The topological polar surface area (TPSA) is 37.4 Å². The maximum atomic E-state index is 5.67. The van der Waals surface area contributed by atoms with Crippen LogP contribution in [0.4, 0.5) is 5.69 Å². The minimum absolute atomic E-state index is 0.114. The fraction of sp³-hybridized carbons (Fsp3) is 0.368. The molecule has 0 fully saturated rings.